The van der Waals surface area contributed by atoms with Gasteiger partial charge in [0.05, 0.1) is 23.0 Å². The monoisotopic (exact) mass is 386 g/mol. The van der Waals surface area contributed by atoms with Gasteiger partial charge >= 0.3 is 0 Å². The summed E-state index contributed by atoms with van der Waals surface area (Å²) in [6.07, 6.45) is 0.503. The molecule has 2 rings (SSSR count). The van der Waals surface area contributed by atoms with Crippen LogP contribution in [0.15, 0.2) is 58.3 Å². The van der Waals surface area contributed by atoms with E-state index in [1.807, 2.05) is 0 Å². The van der Waals surface area contributed by atoms with Crippen molar-refractivity contribution in [2.75, 3.05) is 13.2 Å². The van der Waals surface area contributed by atoms with E-state index < -0.39 is 20.2 Å². The average molecular weight is 386 g/mol. The van der Waals surface area contributed by atoms with E-state index in [0.717, 1.165) is 0 Å². The molecule has 0 aliphatic carbocycles. The van der Waals surface area contributed by atoms with Crippen LogP contribution in [-0.2, 0) is 20.2 Å². The molecular formula is C15H14O8S2-2. The van der Waals surface area contributed by atoms with Gasteiger partial charge < -0.3 is 18.6 Å². The molecule has 0 amide bonds. The molecule has 0 unspecified atom stereocenters. The standard InChI is InChI=1S/C15H16O8S2/c16-24(17,18)14-6-2-12(3-7-14)22-10-1-11-23-13-4-8-15(9-5-13)25(19,20)21/h2-9H,1,10-11H2,(H,16,17,18)(H,19,20,21)/p-2. The van der Waals surface area contributed by atoms with E-state index in [0.29, 0.717) is 17.9 Å². The molecule has 0 fully saturated rings. The minimum absolute atomic E-state index is 0.288. The second-order valence-electron chi connectivity index (χ2n) is 4.90. The first-order valence-corrected chi connectivity index (χ1v) is 9.85. The third kappa shape index (κ3) is 6.02. The van der Waals surface area contributed by atoms with Crippen molar-refractivity contribution in [2.45, 2.75) is 16.2 Å². The van der Waals surface area contributed by atoms with E-state index in [9.17, 15) is 25.9 Å². The molecule has 0 radical (unpaired) electrons. The minimum Gasteiger partial charge on any atom is -0.744 e. The van der Waals surface area contributed by atoms with E-state index >= 15 is 0 Å². The zero-order chi connectivity index (χ0) is 18.5. The van der Waals surface area contributed by atoms with Gasteiger partial charge in [0, 0.05) is 6.42 Å². The number of rotatable bonds is 8. The quantitative estimate of drug-likeness (QED) is 0.490. The Morgan fingerprint density at radius 2 is 0.960 bits per heavy atom. The Labute approximate surface area is 145 Å². The van der Waals surface area contributed by atoms with Gasteiger partial charge in [-0.3, -0.25) is 0 Å². The summed E-state index contributed by atoms with van der Waals surface area (Å²) in [6.45, 7) is 0.576. The molecule has 0 bridgehead atoms. The lowest BCUT2D eigenvalue weighted by Gasteiger charge is -2.11. The zero-order valence-corrected chi connectivity index (χ0v) is 14.5. The molecular weight excluding hydrogens is 372 g/mol. The van der Waals surface area contributed by atoms with Crippen molar-refractivity contribution < 1.29 is 35.4 Å². The second kappa shape index (κ2) is 7.83. The lowest BCUT2D eigenvalue weighted by Crippen LogP contribution is -2.05. The van der Waals surface area contributed by atoms with Crippen LogP contribution >= 0.6 is 0 Å². The molecule has 10 heteroatoms. The summed E-state index contributed by atoms with van der Waals surface area (Å²) in [4.78, 5) is -0.654. The van der Waals surface area contributed by atoms with Crippen LogP contribution in [-0.4, -0.2) is 39.2 Å². The highest BCUT2D eigenvalue weighted by Crippen LogP contribution is 2.17. The molecule has 0 heterocycles. The Balaban J connectivity index is 1.75. The summed E-state index contributed by atoms with van der Waals surface area (Å²) in [5, 5.41) is 0. The van der Waals surface area contributed by atoms with Crippen molar-refractivity contribution in [1.82, 2.24) is 0 Å². The molecule has 0 aromatic heterocycles. The van der Waals surface area contributed by atoms with Crippen LogP contribution in [0.3, 0.4) is 0 Å². The van der Waals surface area contributed by atoms with Gasteiger partial charge in [0.15, 0.2) is 0 Å². The topological polar surface area (TPSA) is 133 Å². The van der Waals surface area contributed by atoms with Crippen molar-refractivity contribution in [3.05, 3.63) is 48.5 Å². The third-order valence-electron chi connectivity index (χ3n) is 3.05. The van der Waals surface area contributed by atoms with E-state index in [2.05, 4.69) is 0 Å². The van der Waals surface area contributed by atoms with E-state index in [-0.39, 0.29) is 23.0 Å². The predicted molar refractivity (Wildman–Crippen MR) is 84.4 cm³/mol. The molecule has 0 saturated heterocycles. The Morgan fingerprint density at radius 3 is 1.24 bits per heavy atom. The van der Waals surface area contributed by atoms with E-state index in [4.69, 9.17) is 9.47 Å². The second-order valence-corrected chi connectivity index (χ2v) is 7.66. The van der Waals surface area contributed by atoms with Crippen molar-refractivity contribution in [2.24, 2.45) is 0 Å². The van der Waals surface area contributed by atoms with Crippen molar-refractivity contribution >= 4 is 20.2 Å². The van der Waals surface area contributed by atoms with Crippen LogP contribution < -0.4 is 9.47 Å². The normalized spacial score (nSPS) is 11.9. The predicted octanol–water partition coefficient (Wildman–Crippen LogP) is 1.34. The van der Waals surface area contributed by atoms with Crippen molar-refractivity contribution in [3.8, 4) is 11.5 Å². The molecule has 0 atom stereocenters. The maximum absolute atomic E-state index is 10.8. The lowest BCUT2D eigenvalue weighted by molar-refractivity contribution is 0.247. The highest BCUT2D eigenvalue weighted by Gasteiger charge is 2.03. The molecule has 25 heavy (non-hydrogen) atoms. The Hall–Kier alpha value is -2.14. The van der Waals surface area contributed by atoms with Crippen molar-refractivity contribution in [1.29, 1.82) is 0 Å². The van der Waals surface area contributed by atoms with Gasteiger partial charge in [0.1, 0.15) is 31.7 Å². The van der Waals surface area contributed by atoms with E-state index in [1.54, 1.807) is 0 Å². The Morgan fingerprint density at radius 1 is 0.640 bits per heavy atom. The number of hydrogen-bond acceptors (Lipinski definition) is 8. The molecule has 0 aliphatic rings. The average Bonchev–Trinajstić information content (AvgIpc) is 2.54. The summed E-state index contributed by atoms with van der Waals surface area (Å²) >= 11 is 0. The molecule has 0 aliphatic heterocycles. The van der Waals surface area contributed by atoms with Gasteiger partial charge in [-0.25, -0.2) is 16.8 Å². The molecule has 0 saturated carbocycles. The fraction of sp³-hybridized carbons (Fsp3) is 0.200. The van der Waals surface area contributed by atoms with Crippen molar-refractivity contribution in [3.63, 3.8) is 0 Å². The molecule has 8 nitrogen and oxygen atoms in total. The first kappa shape index (κ1) is 19.2. The fourth-order valence-corrected chi connectivity index (χ4v) is 2.78. The third-order valence-corrected chi connectivity index (χ3v) is 4.75. The minimum atomic E-state index is -4.47. The maximum Gasteiger partial charge on any atom is 0.124 e. The van der Waals surface area contributed by atoms with Gasteiger partial charge in [-0.05, 0) is 48.5 Å². The number of benzene rings is 2. The van der Waals surface area contributed by atoms with E-state index in [1.165, 1.54) is 48.5 Å². The van der Waals surface area contributed by atoms with Crippen LogP contribution in [0.2, 0.25) is 0 Å². The highest BCUT2D eigenvalue weighted by molar-refractivity contribution is 7.86. The maximum atomic E-state index is 10.8. The highest BCUT2D eigenvalue weighted by atomic mass is 32.2. The number of hydrogen-bond donors (Lipinski definition) is 0. The first-order valence-electron chi connectivity index (χ1n) is 7.04. The Kier molecular flexibility index (Phi) is 6.01. The largest absolute Gasteiger partial charge is 0.744 e. The van der Waals surface area contributed by atoms with Gasteiger partial charge in [-0.15, -0.1) is 0 Å². The molecule has 136 valence electrons. The van der Waals surface area contributed by atoms with Crippen LogP contribution in [0.4, 0.5) is 0 Å². The molecule has 0 N–H and O–H groups in total. The summed E-state index contributed by atoms with van der Waals surface area (Å²) < 4.78 is 75.5. The molecule has 2 aromatic rings. The van der Waals surface area contributed by atoms with Gasteiger partial charge in [-0.2, -0.15) is 0 Å². The summed E-state index contributed by atoms with van der Waals surface area (Å²) in [5.41, 5.74) is 0. The van der Waals surface area contributed by atoms with Gasteiger partial charge in [-0.1, -0.05) is 0 Å². The van der Waals surface area contributed by atoms with Crippen LogP contribution in [0.25, 0.3) is 0 Å². The smallest absolute Gasteiger partial charge is 0.124 e. The van der Waals surface area contributed by atoms with Crippen LogP contribution in [0.5, 0.6) is 11.5 Å². The summed E-state index contributed by atoms with van der Waals surface area (Å²) in [5.74, 6) is 0.829. The summed E-state index contributed by atoms with van der Waals surface area (Å²) in [7, 11) is -8.95. The first-order chi connectivity index (χ1) is 11.7. The molecule has 0 spiro atoms. The number of ether oxygens (including phenoxy) is 2. The zero-order valence-electron chi connectivity index (χ0n) is 12.8. The Bertz CT molecular complexity index is 824. The summed E-state index contributed by atoms with van der Waals surface area (Å²) in [6, 6.07) is 10.2. The van der Waals surface area contributed by atoms with Crippen LogP contribution in [0, 0.1) is 0 Å². The fourth-order valence-electron chi connectivity index (χ4n) is 1.84. The van der Waals surface area contributed by atoms with Crippen LogP contribution in [0.1, 0.15) is 6.42 Å². The van der Waals surface area contributed by atoms with Gasteiger partial charge in [0.25, 0.3) is 0 Å². The SMILES string of the molecule is O=S(=O)([O-])c1ccc(OCCCOc2ccc(S(=O)(=O)[O-])cc2)cc1. The lowest BCUT2D eigenvalue weighted by atomic mass is 10.3. The van der Waals surface area contributed by atoms with Gasteiger partial charge in [0.2, 0.25) is 0 Å². The molecule has 2 aromatic carbocycles.